The van der Waals surface area contributed by atoms with Crippen molar-refractivity contribution in [1.29, 1.82) is 0 Å². The Kier molecular flexibility index (Phi) is 2.50. The van der Waals surface area contributed by atoms with Gasteiger partial charge in [0.05, 0.1) is 18.5 Å². The van der Waals surface area contributed by atoms with Crippen molar-refractivity contribution in [3.8, 4) is 0 Å². The summed E-state index contributed by atoms with van der Waals surface area (Å²) in [6, 6.07) is 1.07. The van der Waals surface area contributed by atoms with Crippen molar-refractivity contribution in [3.63, 3.8) is 0 Å². The highest BCUT2D eigenvalue weighted by molar-refractivity contribution is 5.95. The van der Waals surface area contributed by atoms with Crippen molar-refractivity contribution in [2.75, 3.05) is 0 Å². The van der Waals surface area contributed by atoms with Gasteiger partial charge in [-0.05, 0) is 13.0 Å². The van der Waals surface area contributed by atoms with Crippen molar-refractivity contribution >= 4 is 5.78 Å². The molecule has 0 aliphatic heterocycles. The van der Waals surface area contributed by atoms with E-state index in [0.29, 0.717) is 0 Å². The van der Waals surface area contributed by atoms with Crippen LogP contribution in [0.5, 0.6) is 0 Å². The molecule has 12 heavy (non-hydrogen) atoms. The van der Waals surface area contributed by atoms with Crippen LogP contribution >= 0.6 is 0 Å². The molecule has 1 heterocycles. The van der Waals surface area contributed by atoms with Gasteiger partial charge in [0.15, 0.2) is 5.78 Å². The van der Waals surface area contributed by atoms with Crippen LogP contribution in [0.4, 0.5) is 4.39 Å². The minimum Gasteiger partial charge on any atom is -0.390 e. The van der Waals surface area contributed by atoms with Crippen molar-refractivity contribution < 1.29 is 14.3 Å². The first-order chi connectivity index (χ1) is 5.65. The maximum Gasteiger partial charge on any atom is 0.161 e. The SMILES string of the molecule is CC(=O)c1cc(F)cnc1CO. The van der Waals surface area contributed by atoms with Crippen molar-refractivity contribution in [2.45, 2.75) is 13.5 Å². The van der Waals surface area contributed by atoms with Gasteiger partial charge in [-0.2, -0.15) is 0 Å². The van der Waals surface area contributed by atoms with E-state index in [2.05, 4.69) is 4.98 Å². The van der Waals surface area contributed by atoms with Gasteiger partial charge in [0.25, 0.3) is 0 Å². The molecule has 64 valence electrons. The zero-order valence-electron chi connectivity index (χ0n) is 6.54. The Bertz CT molecular complexity index is 312. The number of ketones is 1. The third kappa shape index (κ3) is 1.65. The van der Waals surface area contributed by atoms with E-state index in [-0.39, 0.29) is 23.6 Å². The number of aromatic nitrogens is 1. The molecule has 3 nitrogen and oxygen atoms in total. The summed E-state index contributed by atoms with van der Waals surface area (Å²) in [5.74, 6) is -0.872. The first-order valence-electron chi connectivity index (χ1n) is 3.41. The highest BCUT2D eigenvalue weighted by Gasteiger charge is 2.08. The molecule has 1 aromatic rings. The average Bonchev–Trinajstić information content (AvgIpc) is 2.04. The standard InChI is InChI=1S/C8H8FNO2/c1-5(12)7-2-6(9)3-10-8(7)4-11/h2-3,11H,4H2,1H3. The van der Waals surface area contributed by atoms with Gasteiger partial charge in [0, 0.05) is 5.56 Å². The zero-order valence-corrected chi connectivity index (χ0v) is 6.54. The van der Waals surface area contributed by atoms with Crippen LogP contribution in [0.15, 0.2) is 12.3 Å². The Labute approximate surface area is 68.9 Å². The molecular formula is C8H8FNO2. The first kappa shape index (κ1) is 8.80. The third-order valence-corrected chi connectivity index (χ3v) is 1.47. The van der Waals surface area contributed by atoms with Gasteiger partial charge < -0.3 is 5.11 Å². The maximum atomic E-state index is 12.5. The summed E-state index contributed by atoms with van der Waals surface area (Å²) in [7, 11) is 0. The fourth-order valence-corrected chi connectivity index (χ4v) is 0.898. The van der Waals surface area contributed by atoms with Crippen molar-refractivity contribution in [1.82, 2.24) is 4.98 Å². The largest absolute Gasteiger partial charge is 0.390 e. The van der Waals surface area contributed by atoms with Crippen molar-refractivity contribution in [2.24, 2.45) is 0 Å². The average molecular weight is 169 g/mol. The molecule has 0 bridgehead atoms. The predicted octanol–water partition coefficient (Wildman–Crippen LogP) is 0.916. The lowest BCUT2D eigenvalue weighted by Gasteiger charge is -2.01. The fourth-order valence-electron chi connectivity index (χ4n) is 0.898. The molecule has 1 N–H and O–H groups in total. The molecular weight excluding hydrogens is 161 g/mol. The number of rotatable bonds is 2. The Morgan fingerprint density at radius 3 is 2.92 bits per heavy atom. The monoisotopic (exact) mass is 169 g/mol. The van der Waals surface area contributed by atoms with Gasteiger partial charge in [0.1, 0.15) is 5.82 Å². The van der Waals surface area contributed by atoms with Crippen LogP contribution in [0.3, 0.4) is 0 Å². The van der Waals surface area contributed by atoms with Gasteiger partial charge in [-0.3, -0.25) is 9.78 Å². The van der Waals surface area contributed by atoms with Crippen LogP contribution in [0.1, 0.15) is 23.0 Å². The molecule has 4 heteroatoms. The van der Waals surface area contributed by atoms with Gasteiger partial charge in [0.2, 0.25) is 0 Å². The topological polar surface area (TPSA) is 50.2 Å². The van der Waals surface area contributed by atoms with E-state index in [9.17, 15) is 9.18 Å². The second kappa shape index (κ2) is 3.40. The number of hydrogen-bond acceptors (Lipinski definition) is 3. The molecule has 0 saturated heterocycles. The van der Waals surface area contributed by atoms with Crippen molar-refractivity contribution in [3.05, 3.63) is 29.3 Å². The molecule has 0 radical (unpaired) electrons. The lowest BCUT2D eigenvalue weighted by atomic mass is 10.1. The molecule has 0 spiro atoms. The summed E-state index contributed by atoms with van der Waals surface area (Å²) in [5, 5.41) is 8.72. The predicted molar refractivity (Wildman–Crippen MR) is 40.1 cm³/mol. The quantitative estimate of drug-likeness (QED) is 0.669. The van der Waals surface area contributed by atoms with Gasteiger partial charge in [-0.1, -0.05) is 0 Å². The highest BCUT2D eigenvalue weighted by atomic mass is 19.1. The zero-order chi connectivity index (χ0) is 9.14. The number of hydrogen-bond donors (Lipinski definition) is 1. The molecule has 0 fully saturated rings. The van der Waals surface area contributed by atoms with Gasteiger partial charge in [-0.15, -0.1) is 0 Å². The second-order valence-electron chi connectivity index (χ2n) is 2.36. The van der Waals surface area contributed by atoms with E-state index in [1.807, 2.05) is 0 Å². The molecule has 0 unspecified atom stereocenters. The Hall–Kier alpha value is -1.29. The summed E-state index contributed by atoms with van der Waals surface area (Å²) < 4.78 is 12.5. The number of aliphatic hydroxyl groups is 1. The lowest BCUT2D eigenvalue weighted by Crippen LogP contribution is -2.03. The molecule has 0 aromatic carbocycles. The number of carbonyl (C=O) groups excluding carboxylic acids is 1. The van der Waals surface area contributed by atoms with Gasteiger partial charge in [-0.25, -0.2) is 4.39 Å². The van der Waals surface area contributed by atoms with Crippen LogP contribution in [0.25, 0.3) is 0 Å². The first-order valence-corrected chi connectivity index (χ1v) is 3.41. The summed E-state index contributed by atoms with van der Waals surface area (Å²) in [6.45, 7) is 0.949. The number of halogens is 1. The molecule has 0 aliphatic rings. The molecule has 0 aliphatic carbocycles. The molecule has 0 atom stereocenters. The van der Waals surface area contributed by atoms with Crippen LogP contribution in [-0.2, 0) is 6.61 Å². The second-order valence-corrected chi connectivity index (χ2v) is 2.36. The minimum atomic E-state index is -0.572. The summed E-state index contributed by atoms with van der Waals surface area (Å²) in [4.78, 5) is 14.4. The third-order valence-electron chi connectivity index (χ3n) is 1.47. The molecule has 0 amide bonds. The van der Waals surface area contributed by atoms with E-state index in [0.717, 1.165) is 12.3 Å². The van der Waals surface area contributed by atoms with E-state index < -0.39 is 5.82 Å². The number of aliphatic hydroxyl groups excluding tert-OH is 1. The van der Waals surface area contributed by atoms with Crippen LogP contribution < -0.4 is 0 Å². The van der Waals surface area contributed by atoms with E-state index in [1.165, 1.54) is 6.92 Å². The molecule has 1 aromatic heterocycles. The van der Waals surface area contributed by atoms with Crippen LogP contribution in [0, 0.1) is 5.82 Å². The smallest absolute Gasteiger partial charge is 0.161 e. The number of pyridine rings is 1. The minimum absolute atomic E-state index is 0.137. The maximum absolute atomic E-state index is 12.5. The van der Waals surface area contributed by atoms with E-state index >= 15 is 0 Å². The van der Waals surface area contributed by atoms with Crippen LogP contribution in [-0.4, -0.2) is 15.9 Å². The number of nitrogens with zero attached hydrogens (tertiary/aromatic N) is 1. The summed E-state index contributed by atoms with van der Waals surface area (Å²) >= 11 is 0. The number of Topliss-reactive ketones (excluding diaryl/α,β-unsaturated/α-hetero) is 1. The van der Waals surface area contributed by atoms with Crippen LogP contribution in [0.2, 0.25) is 0 Å². The lowest BCUT2D eigenvalue weighted by molar-refractivity contribution is 0.101. The summed E-state index contributed by atoms with van der Waals surface area (Å²) in [5.41, 5.74) is 0.349. The van der Waals surface area contributed by atoms with E-state index in [1.54, 1.807) is 0 Å². The Morgan fingerprint density at radius 2 is 2.42 bits per heavy atom. The fraction of sp³-hybridized carbons (Fsp3) is 0.250. The molecule has 0 saturated carbocycles. The van der Waals surface area contributed by atoms with E-state index in [4.69, 9.17) is 5.11 Å². The summed E-state index contributed by atoms with van der Waals surface area (Å²) in [6.07, 6.45) is 0.970. The molecule has 1 rings (SSSR count). The normalized spacial score (nSPS) is 9.92. The number of carbonyl (C=O) groups is 1. The highest BCUT2D eigenvalue weighted by Crippen LogP contribution is 2.08. The van der Waals surface area contributed by atoms with Gasteiger partial charge >= 0.3 is 0 Å². The Morgan fingerprint density at radius 1 is 1.75 bits per heavy atom. The Balaban J connectivity index is 3.21.